The fourth-order valence-electron chi connectivity index (χ4n) is 1.82. The van der Waals surface area contributed by atoms with Crippen molar-refractivity contribution in [1.29, 1.82) is 5.26 Å². The second kappa shape index (κ2) is 6.04. The lowest BCUT2D eigenvalue weighted by Gasteiger charge is -2.14. The van der Waals surface area contributed by atoms with Gasteiger partial charge in [-0.3, -0.25) is 0 Å². The molecule has 0 aliphatic heterocycles. The highest BCUT2D eigenvalue weighted by atomic mass is 35.5. The van der Waals surface area contributed by atoms with Gasteiger partial charge in [0.25, 0.3) is 0 Å². The smallest absolute Gasteiger partial charge is 0.143 e. The molecule has 0 amide bonds. The molecule has 0 aliphatic carbocycles. The van der Waals surface area contributed by atoms with Crippen molar-refractivity contribution in [2.24, 2.45) is 0 Å². The van der Waals surface area contributed by atoms with Gasteiger partial charge in [-0.15, -0.1) is 0 Å². The number of nitrogens with one attached hydrogen (secondary N) is 1. The number of aryl methyl sites for hydroxylation is 1. The number of halogens is 2. The van der Waals surface area contributed by atoms with Crippen molar-refractivity contribution in [3.05, 3.63) is 51.5 Å². The Labute approximate surface area is 127 Å². The number of anilines is 2. The SMILES string of the molecule is COc1cc(Cl)c(C)cc1Nc1cccc(Cl)c1C#N. The number of rotatable bonds is 3. The highest BCUT2D eigenvalue weighted by Gasteiger charge is 2.11. The normalized spacial score (nSPS) is 9.95. The molecule has 0 aliphatic rings. The summed E-state index contributed by atoms with van der Waals surface area (Å²) < 4.78 is 5.29. The zero-order chi connectivity index (χ0) is 14.7. The summed E-state index contributed by atoms with van der Waals surface area (Å²) in [5.41, 5.74) is 2.66. The molecule has 0 heterocycles. The van der Waals surface area contributed by atoms with E-state index < -0.39 is 0 Å². The molecule has 0 unspecified atom stereocenters. The molecular formula is C15H12Cl2N2O. The number of nitriles is 1. The number of nitrogens with zero attached hydrogens (tertiary/aromatic N) is 1. The molecule has 0 saturated heterocycles. The van der Waals surface area contributed by atoms with Crippen LogP contribution in [-0.4, -0.2) is 7.11 Å². The third-order valence-electron chi connectivity index (χ3n) is 2.88. The summed E-state index contributed by atoms with van der Waals surface area (Å²) >= 11 is 12.1. The van der Waals surface area contributed by atoms with E-state index in [1.807, 2.05) is 13.0 Å². The summed E-state index contributed by atoms with van der Waals surface area (Å²) in [5, 5.41) is 13.4. The molecule has 0 spiro atoms. The largest absolute Gasteiger partial charge is 0.495 e. The average Bonchev–Trinajstić information content (AvgIpc) is 2.43. The van der Waals surface area contributed by atoms with Crippen LogP contribution in [0.15, 0.2) is 30.3 Å². The second-order valence-electron chi connectivity index (χ2n) is 4.20. The molecule has 0 fully saturated rings. The topological polar surface area (TPSA) is 45.0 Å². The van der Waals surface area contributed by atoms with E-state index in [4.69, 9.17) is 27.9 Å². The molecule has 5 heteroatoms. The Balaban J connectivity index is 2.48. The lowest BCUT2D eigenvalue weighted by atomic mass is 10.1. The van der Waals surface area contributed by atoms with Crippen molar-refractivity contribution >= 4 is 34.6 Å². The number of methoxy groups -OCH3 is 1. The van der Waals surface area contributed by atoms with E-state index in [-0.39, 0.29) is 0 Å². The van der Waals surface area contributed by atoms with Crippen molar-refractivity contribution in [2.45, 2.75) is 6.92 Å². The maximum atomic E-state index is 9.18. The van der Waals surface area contributed by atoms with Gasteiger partial charge in [-0.05, 0) is 30.7 Å². The van der Waals surface area contributed by atoms with E-state index in [1.165, 1.54) is 0 Å². The highest BCUT2D eigenvalue weighted by Crippen LogP contribution is 2.34. The molecule has 2 aromatic rings. The molecule has 2 aromatic carbocycles. The second-order valence-corrected chi connectivity index (χ2v) is 5.02. The summed E-state index contributed by atoms with van der Waals surface area (Å²) in [6.45, 7) is 1.90. The van der Waals surface area contributed by atoms with Crippen LogP contribution in [-0.2, 0) is 0 Å². The number of ether oxygens (including phenoxy) is 1. The van der Waals surface area contributed by atoms with Crippen LogP contribution in [0.5, 0.6) is 5.75 Å². The van der Waals surface area contributed by atoms with Gasteiger partial charge in [0.15, 0.2) is 0 Å². The van der Waals surface area contributed by atoms with Crippen LogP contribution in [0.4, 0.5) is 11.4 Å². The third kappa shape index (κ3) is 2.82. The van der Waals surface area contributed by atoms with Gasteiger partial charge in [-0.2, -0.15) is 5.26 Å². The molecule has 1 N–H and O–H groups in total. The van der Waals surface area contributed by atoms with Gasteiger partial charge in [-0.1, -0.05) is 29.3 Å². The van der Waals surface area contributed by atoms with Gasteiger partial charge in [0.1, 0.15) is 11.8 Å². The Morgan fingerprint density at radius 1 is 1.15 bits per heavy atom. The van der Waals surface area contributed by atoms with Crippen molar-refractivity contribution in [1.82, 2.24) is 0 Å². The lowest BCUT2D eigenvalue weighted by molar-refractivity contribution is 0.417. The monoisotopic (exact) mass is 306 g/mol. The molecule has 20 heavy (non-hydrogen) atoms. The van der Waals surface area contributed by atoms with Crippen molar-refractivity contribution in [3.63, 3.8) is 0 Å². The molecule has 102 valence electrons. The Morgan fingerprint density at radius 2 is 1.90 bits per heavy atom. The Kier molecular flexibility index (Phi) is 4.39. The van der Waals surface area contributed by atoms with Crippen LogP contribution in [0, 0.1) is 18.3 Å². The standard InChI is InChI=1S/C15H12Cl2N2O/c1-9-6-14(15(20-2)7-12(9)17)19-13-5-3-4-11(16)10(13)8-18/h3-7,19H,1-2H3. The van der Waals surface area contributed by atoms with E-state index in [0.29, 0.717) is 27.0 Å². The molecule has 0 aromatic heterocycles. The minimum absolute atomic E-state index is 0.392. The van der Waals surface area contributed by atoms with E-state index in [1.54, 1.807) is 31.4 Å². The van der Waals surface area contributed by atoms with E-state index in [2.05, 4.69) is 11.4 Å². The molecule has 0 bridgehead atoms. The van der Waals surface area contributed by atoms with Gasteiger partial charge in [0, 0.05) is 11.1 Å². The van der Waals surface area contributed by atoms with Crippen LogP contribution in [0.25, 0.3) is 0 Å². The Hall–Kier alpha value is -1.89. The first-order valence-electron chi connectivity index (χ1n) is 5.86. The van der Waals surface area contributed by atoms with Crippen molar-refractivity contribution in [3.8, 4) is 11.8 Å². The van der Waals surface area contributed by atoms with Crippen LogP contribution in [0.3, 0.4) is 0 Å². The summed E-state index contributed by atoms with van der Waals surface area (Å²) in [7, 11) is 1.56. The van der Waals surface area contributed by atoms with Gasteiger partial charge < -0.3 is 10.1 Å². The highest BCUT2D eigenvalue weighted by molar-refractivity contribution is 6.32. The minimum atomic E-state index is 0.392. The van der Waals surface area contributed by atoms with E-state index >= 15 is 0 Å². The fraction of sp³-hybridized carbons (Fsp3) is 0.133. The van der Waals surface area contributed by atoms with E-state index in [9.17, 15) is 5.26 Å². The molecule has 3 nitrogen and oxygen atoms in total. The maximum Gasteiger partial charge on any atom is 0.143 e. The number of benzene rings is 2. The van der Waals surface area contributed by atoms with Crippen LogP contribution in [0.1, 0.15) is 11.1 Å². The van der Waals surface area contributed by atoms with Crippen LogP contribution in [0.2, 0.25) is 10.0 Å². The molecule has 0 atom stereocenters. The molecule has 0 radical (unpaired) electrons. The zero-order valence-corrected chi connectivity index (χ0v) is 12.5. The summed E-state index contributed by atoms with van der Waals surface area (Å²) in [6, 6.07) is 10.9. The number of hydrogen-bond donors (Lipinski definition) is 1. The van der Waals surface area contributed by atoms with Crippen molar-refractivity contribution < 1.29 is 4.74 Å². The van der Waals surface area contributed by atoms with E-state index in [0.717, 1.165) is 11.3 Å². The summed E-state index contributed by atoms with van der Waals surface area (Å²) in [5.74, 6) is 0.601. The maximum absolute atomic E-state index is 9.18. The van der Waals surface area contributed by atoms with Gasteiger partial charge >= 0.3 is 0 Å². The first-order valence-corrected chi connectivity index (χ1v) is 6.62. The first-order chi connectivity index (χ1) is 9.56. The van der Waals surface area contributed by atoms with Gasteiger partial charge in [0.2, 0.25) is 0 Å². The minimum Gasteiger partial charge on any atom is -0.495 e. The zero-order valence-electron chi connectivity index (χ0n) is 11.0. The Bertz CT molecular complexity index is 693. The molecule has 2 rings (SSSR count). The fourth-order valence-corrected chi connectivity index (χ4v) is 2.19. The summed E-state index contributed by atoms with van der Waals surface area (Å²) in [4.78, 5) is 0. The molecule has 0 saturated carbocycles. The van der Waals surface area contributed by atoms with Crippen LogP contribution >= 0.6 is 23.2 Å². The van der Waals surface area contributed by atoms with Crippen LogP contribution < -0.4 is 10.1 Å². The van der Waals surface area contributed by atoms with Crippen molar-refractivity contribution in [2.75, 3.05) is 12.4 Å². The quantitative estimate of drug-likeness (QED) is 0.875. The lowest BCUT2D eigenvalue weighted by Crippen LogP contribution is -1.98. The Morgan fingerprint density at radius 3 is 2.55 bits per heavy atom. The summed E-state index contributed by atoms with van der Waals surface area (Å²) in [6.07, 6.45) is 0. The molecular weight excluding hydrogens is 295 g/mol. The number of hydrogen-bond acceptors (Lipinski definition) is 3. The third-order valence-corrected chi connectivity index (χ3v) is 3.60. The first kappa shape index (κ1) is 14.5. The van der Waals surface area contributed by atoms with Gasteiger partial charge in [-0.25, -0.2) is 0 Å². The average molecular weight is 307 g/mol. The predicted molar refractivity (Wildman–Crippen MR) is 82.2 cm³/mol. The predicted octanol–water partition coefficient (Wildman–Crippen LogP) is 4.93. The van der Waals surface area contributed by atoms with Gasteiger partial charge in [0.05, 0.1) is 29.1 Å².